The molecular weight excluding hydrogens is 392 g/mol. The van der Waals surface area contributed by atoms with Crippen LogP contribution < -0.4 is 10.2 Å². The molecule has 5 rings (SSSR count). The molecule has 4 aliphatic rings. The normalized spacial score (nSPS) is 33.6. The third-order valence-electron chi connectivity index (χ3n) is 9.91. The molecule has 4 heteroatoms. The Hall–Kier alpha value is -1.13. The Balaban J connectivity index is 1.25. The number of hydrogen-bond acceptors (Lipinski definition) is 4. The van der Waals surface area contributed by atoms with Gasteiger partial charge in [-0.15, -0.1) is 0 Å². The van der Waals surface area contributed by atoms with E-state index in [1.165, 1.54) is 82.6 Å². The second-order valence-electron chi connectivity index (χ2n) is 12.6. The summed E-state index contributed by atoms with van der Waals surface area (Å²) in [5.41, 5.74) is 2.34. The molecule has 4 nitrogen and oxygen atoms in total. The summed E-state index contributed by atoms with van der Waals surface area (Å²) in [6.45, 7) is 17.1. The minimum Gasteiger partial charge on any atom is -0.354 e. The standard InChI is InChI=1S/C28H46N4/c1-27(2)12-13-28(3,4)24-20-21(8-9-23(24)27)25-6-5-7-26(30-25)32-18-16-31(17-19-32)22-10-14-29-15-11-22/h5-7,21-24,29H,8-20H2,1-4H3. The molecule has 3 atom stereocenters. The Morgan fingerprint density at radius 3 is 2.25 bits per heavy atom. The van der Waals surface area contributed by atoms with Crippen molar-refractivity contribution in [1.82, 2.24) is 15.2 Å². The highest BCUT2D eigenvalue weighted by atomic mass is 15.3. The van der Waals surface area contributed by atoms with Crippen molar-refractivity contribution in [2.45, 2.75) is 84.6 Å². The molecule has 3 heterocycles. The third-order valence-corrected chi connectivity index (χ3v) is 9.91. The van der Waals surface area contributed by atoms with Gasteiger partial charge >= 0.3 is 0 Å². The summed E-state index contributed by atoms with van der Waals surface area (Å²) in [6, 6.07) is 7.64. The lowest BCUT2D eigenvalue weighted by molar-refractivity contribution is -0.0501. The van der Waals surface area contributed by atoms with Gasteiger partial charge in [0.25, 0.3) is 0 Å². The topological polar surface area (TPSA) is 31.4 Å². The second kappa shape index (κ2) is 8.91. The molecule has 1 aromatic heterocycles. The van der Waals surface area contributed by atoms with Crippen LogP contribution in [0, 0.1) is 22.7 Å². The quantitative estimate of drug-likeness (QED) is 0.694. The summed E-state index contributed by atoms with van der Waals surface area (Å²) < 4.78 is 0. The molecule has 2 saturated carbocycles. The van der Waals surface area contributed by atoms with Crippen LogP contribution in [0.5, 0.6) is 0 Å². The maximum atomic E-state index is 5.28. The summed E-state index contributed by atoms with van der Waals surface area (Å²) in [6.07, 6.45) is 9.43. The van der Waals surface area contributed by atoms with Crippen LogP contribution in [-0.2, 0) is 0 Å². The molecule has 0 bridgehead atoms. The number of fused-ring (bicyclic) bond motifs is 1. The fourth-order valence-electron chi connectivity index (χ4n) is 7.58. The first kappa shape index (κ1) is 22.7. The van der Waals surface area contributed by atoms with Crippen molar-refractivity contribution in [1.29, 1.82) is 0 Å². The number of aromatic nitrogens is 1. The minimum atomic E-state index is 0.474. The lowest BCUT2D eigenvalue weighted by Crippen LogP contribution is -2.53. The van der Waals surface area contributed by atoms with Gasteiger partial charge in [0.2, 0.25) is 0 Å². The highest BCUT2D eigenvalue weighted by Crippen LogP contribution is 2.59. The summed E-state index contributed by atoms with van der Waals surface area (Å²) in [7, 11) is 0. The number of nitrogens with one attached hydrogen (secondary N) is 1. The molecule has 2 aliphatic heterocycles. The van der Waals surface area contributed by atoms with Crippen LogP contribution >= 0.6 is 0 Å². The van der Waals surface area contributed by atoms with Crippen LogP contribution in [0.4, 0.5) is 5.82 Å². The number of piperidine rings is 1. The Kier molecular flexibility index (Phi) is 6.30. The highest BCUT2D eigenvalue weighted by Gasteiger charge is 2.50. The summed E-state index contributed by atoms with van der Waals surface area (Å²) >= 11 is 0. The number of piperazine rings is 1. The Morgan fingerprint density at radius 1 is 0.844 bits per heavy atom. The summed E-state index contributed by atoms with van der Waals surface area (Å²) in [5.74, 6) is 3.58. The fraction of sp³-hybridized carbons (Fsp3) is 0.821. The van der Waals surface area contributed by atoms with E-state index in [1.54, 1.807) is 0 Å². The predicted octanol–water partition coefficient (Wildman–Crippen LogP) is 5.30. The van der Waals surface area contributed by atoms with Crippen LogP contribution in [0.25, 0.3) is 0 Å². The minimum absolute atomic E-state index is 0.474. The number of pyridine rings is 1. The van der Waals surface area contributed by atoms with Crippen LogP contribution in [0.15, 0.2) is 18.2 Å². The molecule has 1 N–H and O–H groups in total. The van der Waals surface area contributed by atoms with Crippen molar-refractivity contribution in [3.63, 3.8) is 0 Å². The Morgan fingerprint density at radius 2 is 1.53 bits per heavy atom. The van der Waals surface area contributed by atoms with E-state index in [0.29, 0.717) is 16.7 Å². The van der Waals surface area contributed by atoms with Gasteiger partial charge in [-0.25, -0.2) is 4.98 Å². The van der Waals surface area contributed by atoms with Gasteiger partial charge in [0.15, 0.2) is 0 Å². The first-order valence-electron chi connectivity index (χ1n) is 13.5. The average molecular weight is 439 g/mol. The van der Waals surface area contributed by atoms with E-state index >= 15 is 0 Å². The largest absolute Gasteiger partial charge is 0.354 e. The van der Waals surface area contributed by atoms with Gasteiger partial charge in [-0.2, -0.15) is 0 Å². The van der Waals surface area contributed by atoms with Crippen molar-refractivity contribution in [2.24, 2.45) is 22.7 Å². The van der Waals surface area contributed by atoms with Crippen molar-refractivity contribution >= 4 is 5.82 Å². The maximum absolute atomic E-state index is 5.28. The lowest BCUT2D eigenvalue weighted by atomic mass is 9.49. The summed E-state index contributed by atoms with van der Waals surface area (Å²) in [4.78, 5) is 10.6. The van der Waals surface area contributed by atoms with Crippen molar-refractivity contribution in [3.8, 4) is 0 Å². The molecule has 2 saturated heterocycles. The number of anilines is 1. The van der Waals surface area contributed by atoms with Crippen molar-refractivity contribution < 1.29 is 0 Å². The SMILES string of the molecule is CC1(C)CCC(C)(C)C2CC(c3cccc(N4CCN(C5CCNCC5)CC4)n3)CCC21. The van der Waals surface area contributed by atoms with E-state index in [0.717, 1.165) is 31.0 Å². The van der Waals surface area contributed by atoms with Crippen LogP contribution in [0.1, 0.15) is 84.3 Å². The van der Waals surface area contributed by atoms with Crippen molar-refractivity contribution in [3.05, 3.63) is 23.9 Å². The van der Waals surface area contributed by atoms with Crippen LogP contribution in [0.2, 0.25) is 0 Å². The number of nitrogens with zero attached hydrogens (tertiary/aromatic N) is 3. The van der Waals surface area contributed by atoms with Crippen LogP contribution in [0.3, 0.4) is 0 Å². The summed E-state index contributed by atoms with van der Waals surface area (Å²) in [5, 5.41) is 3.51. The molecule has 178 valence electrons. The predicted molar refractivity (Wildman–Crippen MR) is 134 cm³/mol. The van der Waals surface area contributed by atoms with E-state index in [4.69, 9.17) is 4.98 Å². The molecule has 3 unspecified atom stereocenters. The van der Waals surface area contributed by atoms with E-state index in [9.17, 15) is 0 Å². The molecule has 0 amide bonds. The number of rotatable bonds is 3. The molecule has 2 aliphatic carbocycles. The Labute approximate surface area is 196 Å². The van der Waals surface area contributed by atoms with Gasteiger partial charge in [0.1, 0.15) is 5.82 Å². The third kappa shape index (κ3) is 4.46. The van der Waals surface area contributed by atoms with Gasteiger partial charge in [0, 0.05) is 43.8 Å². The van der Waals surface area contributed by atoms with Gasteiger partial charge in [-0.3, -0.25) is 4.90 Å². The van der Waals surface area contributed by atoms with E-state index in [2.05, 4.69) is 61.0 Å². The van der Waals surface area contributed by atoms with Crippen LogP contribution in [-0.4, -0.2) is 55.2 Å². The van der Waals surface area contributed by atoms with Gasteiger partial charge in [-0.05, 0) is 92.8 Å². The first-order chi connectivity index (χ1) is 15.3. The zero-order valence-electron chi connectivity index (χ0n) is 21.1. The van der Waals surface area contributed by atoms with Gasteiger partial charge in [0.05, 0.1) is 0 Å². The average Bonchev–Trinajstić information content (AvgIpc) is 2.83. The first-order valence-corrected chi connectivity index (χ1v) is 13.5. The molecule has 0 spiro atoms. The number of hydrogen-bond donors (Lipinski definition) is 1. The molecule has 0 aromatic carbocycles. The van der Waals surface area contributed by atoms with E-state index in [1.807, 2.05) is 0 Å². The Bertz CT molecular complexity index is 773. The molecule has 0 radical (unpaired) electrons. The maximum Gasteiger partial charge on any atom is 0.128 e. The lowest BCUT2D eigenvalue weighted by Gasteiger charge is -2.56. The highest BCUT2D eigenvalue weighted by molar-refractivity contribution is 5.40. The van der Waals surface area contributed by atoms with E-state index < -0.39 is 0 Å². The zero-order chi connectivity index (χ0) is 22.3. The second-order valence-corrected chi connectivity index (χ2v) is 12.6. The monoisotopic (exact) mass is 438 g/mol. The van der Waals surface area contributed by atoms with Gasteiger partial charge < -0.3 is 10.2 Å². The smallest absolute Gasteiger partial charge is 0.128 e. The zero-order valence-corrected chi connectivity index (χ0v) is 21.1. The molecule has 4 fully saturated rings. The molecule has 1 aromatic rings. The van der Waals surface area contributed by atoms with Gasteiger partial charge in [-0.1, -0.05) is 33.8 Å². The fourth-order valence-corrected chi connectivity index (χ4v) is 7.58. The molecular formula is C28H46N4. The molecule has 32 heavy (non-hydrogen) atoms. The van der Waals surface area contributed by atoms with E-state index in [-0.39, 0.29) is 0 Å². The van der Waals surface area contributed by atoms with Crippen molar-refractivity contribution in [2.75, 3.05) is 44.2 Å².